The number of benzene rings is 2. The van der Waals surface area contributed by atoms with Crippen molar-refractivity contribution in [2.45, 2.75) is 24.2 Å². The summed E-state index contributed by atoms with van der Waals surface area (Å²) in [4.78, 5) is 24.9. The summed E-state index contributed by atoms with van der Waals surface area (Å²) >= 11 is 0. The van der Waals surface area contributed by atoms with Crippen LogP contribution >= 0.6 is 0 Å². The molecule has 2 aromatic rings. The molecule has 0 unspecified atom stereocenters. The van der Waals surface area contributed by atoms with Crippen LogP contribution in [-0.2, 0) is 22.9 Å². The summed E-state index contributed by atoms with van der Waals surface area (Å²) in [6.07, 6.45) is 3.02. The quantitative estimate of drug-likeness (QED) is 0.803. The Labute approximate surface area is 140 Å². The zero-order valence-corrected chi connectivity index (χ0v) is 13.7. The molecule has 0 aromatic heterocycles. The number of fused-ring (bicyclic) bond motifs is 2. The second-order valence-corrected chi connectivity index (χ2v) is 7.90. The first-order valence-electron chi connectivity index (χ1n) is 7.79. The Balaban J connectivity index is 1.64. The van der Waals surface area contributed by atoms with Crippen LogP contribution in [0.4, 0.5) is 0 Å². The molecule has 0 saturated carbocycles. The van der Waals surface area contributed by atoms with Gasteiger partial charge in [-0.25, -0.2) is 12.7 Å². The number of hydrogen-bond acceptors (Lipinski definition) is 4. The summed E-state index contributed by atoms with van der Waals surface area (Å²) in [6.45, 7) is -0.464. The molecule has 0 atom stereocenters. The Kier molecular flexibility index (Phi) is 3.31. The number of amides is 1. The van der Waals surface area contributed by atoms with Crippen molar-refractivity contribution in [2.75, 3.05) is 6.54 Å². The monoisotopic (exact) mass is 341 g/mol. The minimum absolute atomic E-state index is 0.0308. The fourth-order valence-electron chi connectivity index (χ4n) is 3.35. The molecule has 0 fully saturated rings. The van der Waals surface area contributed by atoms with E-state index >= 15 is 0 Å². The van der Waals surface area contributed by atoms with E-state index in [4.69, 9.17) is 0 Å². The van der Waals surface area contributed by atoms with E-state index in [1.165, 1.54) is 17.7 Å². The number of Topliss-reactive ketones (excluding diaryl/α,β-unsaturated/α-hetero) is 1. The van der Waals surface area contributed by atoms with Crippen molar-refractivity contribution in [1.29, 1.82) is 0 Å². The van der Waals surface area contributed by atoms with Crippen molar-refractivity contribution < 1.29 is 18.0 Å². The molecule has 1 aliphatic carbocycles. The Bertz CT molecular complexity index is 978. The maximum Gasteiger partial charge on any atom is 0.269 e. The molecular weight excluding hydrogens is 326 g/mol. The van der Waals surface area contributed by atoms with E-state index < -0.39 is 22.5 Å². The van der Waals surface area contributed by atoms with Gasteiger partial charge in [0, 0.05) is 5.56 Å². The number of hydrogen-bond donors (Lipinski definition) is 0. The van der Waals surface area contributed by atoms with Gasteiger partial charge in [-0.05, 0) is 48.6 Å². The largest absolute Gasteiger partial charge is 0.292 e. The number of ketones is 1. The minimum atomic E-state index is -3.95. The Hall–Kier alpha value is -2.47. The molecule has 0 bridgehead atoms. The van der Waals surface area contributed by atoms with Crippen molar-refractivity contribution >= 4 is 21.7 Å². The van der Waals surface area contributed by atoms with Gasteiger partial charge in [-0.2, -0.15) is 0 Å². The van der Waals surface area contributed by atoms with Crippen LogP contribution in [0.15, 0.2) is 47.4 Å². The molecule has 1 heterocycles. The van der Waals surface area contributed by atoms with Crippen LogP contribution in [0.3, 0.4) is 0 Å². The van der Waals surface area contributed by atoms with Crippen LogP contribution in [-0.4, -0.2) is 31.0 Å². The first kappa shape index (κ1) is 15.1. The summed E-state index contributed by atoms with van der Waals surface area (Å²) in [5.74, 6) is -1.01. The summed E-state index contributed by atoms with van der Waals surface area (Å²) in [5.41, 5.74) is 2.96. The molecule has 2 aliphatic rings. The lowest BCUT2D eigenvalue weighted by Gasteiger charge is -2.14. The lowest BCUT2D eigenvalue weighted by Crippen LogP contribution is -2.35. The first-order chi connectivity index (χ1) is 11.5. The van der Waals surface area contributed by atoms with E-state index in [0.717, 1.165) is 24.8 Å². The van der Waals surface area contributed by atoms with Gasteiger partial charge in [0.1, 0.15) is 11.4 Å². The topological polar surface area (TPSA) is 71.5 Å². The SMILES string of the molecule is O=C(CN1C(=O)c2ccccc2S1(=O)=O)c1ccc2c(c1)CCC2. The molecule has 6 heteroatoms. The smallest absolute Gasteiger partial charge is 0.269 e. The predicted molar refractivity (Wildman–Crippen MR) is 87.5 cm³/mol. The van der Waals surface area contributed by atoms with E-state index in [2.05, 4.69) is 0 Å². The van der Waals surface area contributed by atoms with E-state index in [0.29, 0.717) is 9.87 Å². The first-order valence-corrected chi connectivity index (χ1v) is 9.23. The van der Waals surface area contributed by atoms with Crippen molar-refractivity contribution in [3.8, 4) is 0 Å². The fourth-order valence-corrected chi connectivity index (χ4v) is 4.88. The summed E-state index contributed by atoms with van der Waals surface area (Å²) < 4.78 is 25.7. The van der Waals surface area contributed by atoms with E-state index in [1.807, 2.05) is 12.1 Å². The van der Waals surface area contributed by atoms with Crippen molar-refractivity contribution in [3.05, 3.63) is 64.7 Å². The fraction of sp³-hybridized carbons (Fsp3) is 0.222. The van der Waals surface area contributed by atoms with Crippen LogP contribution in [0.5, 0.6) is 0 Å². The zero-order valence-electron chi connectivity index (χ0n) is 12.9. The lowest BCUT2D eigenvalue weighted by atomic mass is 10.0. The Morgan fingerprint density at radius 3 is 2.58 bits per heavy atom. The molecule has 5 nitrogen and oxygen atoms in total. The maximum atomic E-state index is 12.5. The van der Waals surface area contributed by atoms with Gasteiger partial charge in [-0.1, -0.05) is 24.3 Å². The standard InChI is InChI=1S/C18H15NO4S/c20-16(14-9-8-12-4-3-5-13(12)10-14)11-19-18(21)15-6-1-2-7-17(15)24(19,22)23/h1-2,6-10H,3-5,11H2. The molecule has 0 N–H and O–H groups in total. The highest BCUT2D eigenvalue weighted by molar-refractivity contribution is 7.90. The van der Waals surface area contributed by atoms with Crippen LogP contribution in [0, 0.1) is 0 Å². The zero-order chi connectivity index (χ0) is 16.9. The highest BCUT2D eigenvalue weighted by Gasteiger charge is 2.41. The van der Waals surface area contributed by atoms with Gasteiger partial charge >= 0.3 is 0 Å². The summed E-state index contributed by atoms with van der Waals surface area (Å²) in [6, 6.07) is 11.5. The third-order valence-electron chi connectivity index (χ3n) is 4.62. The summed E-state index contributed by atoms with van der Waals surface area (Å²) in [7, 11) is -3.95. The van der Waals surface area contributed by atoms with Gasteiger partial charge in [-0.15, -0.1) is 0 Å². The van der Waals surface area contributed by atoms with Gasteiger partial charge in [0.15, 0.2) is 5.78 Å². The highest BCUT2D eigenvalue weighted by atomic mass is 32.2. The van der Waals surface area contributed by atoms with E-state index in [9.17, 15) is 18.0 Å². The molecule has 24 heavy (non-hydrogen) atoms. The minimum Gasteiger partial charge on any atom is -0.292 e. The normalized spacial score (nSPS) is 17.7. The van der Waals surface area contributed by atoms with Gasteiger partial charge in [0.05, 0.1) is 5.56 Å². The molecule has 4 rings (SSSR count). The molecule has 0 saturated heterocycles. The molecule has 1 amide bonds. The second kappa shape index (κ2) is 5.27. The lowest BCUT2D eigenvalue weighted by molar-refractivity contribution is 0.0820. The highest BCUT2D eigenvalue weighted by Crippen LogP contribution is 2.30. The average molecular weight is 341 g/mol. The Morgan fingerprint density at radius 2 is 1.79 bits per heavy atom. The van der Waals surface area contributed by atoms with Crippen LogP contribution < -0.4 is 0 Å². The molecule has 0 radical (unpaired) electrons. The van der Waals surface area contributed by atoms with Crippen LogP contribution in [0.25, 0.3) is 0 Å². The van der Waals surface area contributed by atoms with Crippen molar-refractivity contribution in [3.63, 3.8) is 0 Å². The molecule has 0 spiro atoms. The number of carbonyl (C=O) groups is 2. The molecule has 1 aliphatic heterocycles. The number of nitrogens with zero attached hydrogens (tertiary/aromatic N) is 1. The van der Waals surface area contributed by atoms with Crippen molar-refractivity contribution in [2.24, 2.45) is 0 Å². The Morgan fingerprint density at radius 1 is 1.04 bits per heavy atom. The number of sulfonamides is 1. The molecule has 2 aromatic carbocycles. The second-order valence-electron chi connectivity index (χ2n) is 6.07. The van der Waals surface area contributed by atoms with Gasteiger partial charge in [0.2, 0.25) is 0 Å². The molecular formula is C18H15NO4S. The number of carbonyl (C=O) groups excluding carboxylic acids is 2. The number of aryl methyl sites for hydroxylation is 2. The average Bonchev–Trinajstić information content (AvgIpc) is 3.12. The van der Waals surface area contributed by atoms with Gasteiger partial charge in [0.25, 0.3) is 15.9 Å². The van der Waals surface area contributed by atoms with E-state index in [1.54, 1.807) is 18.2 Å². The summed E-state index contributed by atoms with van der Waals surface area (Å²) in [5, 5.41) is 0. The van der Waals surface area contributed by atoms with Crippen molar-refractivity contribution in [1.82, 2.24) is 4.31 Å². The van der Waals surface area contributed by atoms with Crippen LogP contribution in [0.1, 0.15) is 38.3 Å². The third-order valence-corrected chi connectivity index (χ3v) is 6.41. The predicted octanol–water partition coefficient (Wildman–Crippen LogP) is 2.20. The maximum absolute atomic E-state index is 12.5. The van der Waals surface area contributed by atoms with Crippen LogP contribution in [0.2, 0.25) is 0 Å². The third kappa shape index (κ3) is 2.17. The van der Waals surface area contributed by atoms with Gasteiger partial charge < -0.3 is 0 Å². The van der Waals surface area contributed by atoms with Gasteiger partial charge in [-0.3, -0.25) is 9.59 Å². The van der Waals surface area contributed by atoms with E-state index in [-0.39, 0.29) is 16.2 Å². The number of rotatable bonds is 3. The molecule has 122 valence electrons.